The number of aromatic hydroxyl groups is 1. The fourth-order valence-electron chi connectivity index (χ4n) is 1.49. The topological polar surface area (TPSA) is 75.3 Å². The third-order valence-corrected chi connectivity index (χ3v) is 3.28. The second-order valence-corrected chi connectivity index (χ2v) is 5.17. The molecule has 2 rings (SSSR count). The number of halogens is 2. The summed E-state index contributed by atoms with van der Waals surface area (Å²) >= 11 is 9.11. The molecule has 0 saturated heterocycles. The van der Waals surface area contributed by atoms with Gasteiger partial charge >= 0.3 is 0 Å². The number of nitrogens with one attached hydrogen (secondary N) is 1. The molecule has 0 unspecified atom stereocenters. The van der Waals surface area contributed by atoms with Gasteiger partial charge < -0.3 is 16.2 Å². The number of phenolic OH excluding ortho intramolecular Hbond substituents is 1. The summed E-state index contributed by atoms with van der Waals surface area (Å²) in [6, 6.07) is 9.39. The predicted octanol–water partition coefficient (Wildman–Crippen LogP) is 3.64. The van der Waals surface area contributed by atoms with Crippen molar-refractivity contribution in [3.8, 4) is 5.75 Å². The summed E-state index contributed by atoms with van der Waals surface area (Å²) in [5.41, 5.74) is 6.69. The minimum atomic E-state index is -0.431. The number of benzene rings is 2. The maximum Gasteiger partial charge on any atom is 0.259 e. The van der Waals surface area contributed by atoms with Crippen molar-refractivity contribution in [1.29, 1.82) is 0 Å². The van der Waals surface area contributed by atoms with Gasteiger partial charge in [-0.15, -0.1) is 0 Å². The highest BCUT2D eigenvalue weighted by atomic mass is 79.9. The normalized spacial score (nSPS) is 10.2. The molecule has 1 amide bonds. The molecular formula is C13H10BrClN2O2. The number of anilines is 2. The molecule has 0 aliphatic heterocycles. The summed E-state index contributed by atoms with van der Waals surface area (Å²) in [6.45, 7) is 0. The third kappa shape index (κ3) is 3.19. The maximum atomic E-state index is 12.0. The van der Waals surface area contributed by atoms with Crippen LogP contribution < -0.4 is 11.1 Å². The average molecular weight is 342 g/mol. The molecule has 4 N–H and O–H groups in total. The monoisotopic (exact) mass is 340 g/mol. The van der Waals surface area contributed by atoms with Gasteiger partial charge in [0.05, 0.1) is 16.3 Å². The fourth-order valence-corrected chi connectivity index (χ4v) is 2.04. The number of carbonyl (C=O) groups is 1. The van der Waals surface area contributed by atoms with Crippen LogP contribution in [0.15, 0.2) is 40.9 Å². The van der Waals surface area contributed by atoms with E-state index in [4.69, 9.17) is 17.3 Å². The SMILES string of the molecule is Nc1ccc(NC(=O)c2cc(Br)ccc2O)cc1Cl. The van der Waals surface area contributed by atoms with Crippen molar-refractivity contribution in [2.45, 2.75) is 0 Å². The highest BCUT2D eigenvalue weighted by Gasteiger charge is 2.12. The molecular weight excluding hydrogens is 332 g/mol. The van der Waals surface area contributed by atoms with Gasteiger partial charge in [-0.05, 0) is 36.4 Å². The molecule has 0 spiro atoms. The molecule has 0 radical (unpaired) electrons. The highest BCUT2D eigenvalue weighted by Crippen LogP contribution is 2.25. The first-order chi connectivity index (χ1) is 8.97. The minimum absolute atomic E-state index is 0.0951. The Balaban J connectivity index is 2.25. The molecule has 19 heavy (non-hydrogen) atoms. The molecule has 0 aliphatic carbocycles. The van der Waals surface area contributed by atoms with Crippen molar-refractivity contribution in [2.75, 3.05) is 11.1 Å². The van der Waals surface area contributed by atoms with Crippen LogP contribution in [-0.2, 0) is 0 Å². The van der Waals surface area contributed by atoms with Crippen molar-refractivity contribution in [3.63, 3.8) is 0 Å². The summed E-state index contributed by atoms with van der Waals surface area (Å²) < 4.78 is 0.700. The van der Waals surface area contributed by atoms with Crippen LogP contribution in [0.5, 0.6) is 5.75 Å². The van der Waals surface area contributed by atoms with Crippen LogP contribution >= 0.6 is 27.5 Å². The zero-order chi connectivity index (χ0) is 14.0. The molecule has 4 nitrogen and oxygen atoms in total. The molecule has 6 heteroatoms. The number of amides is 1. The Morgan fingerprint density at radius 2 is 2.00 bits per heavy atom. The number of nitrogen functional groups attached to an aromatic ring is 1. The van der Waals surface area contributed by atoms with Crippen LogP contribution in [0.3, 0.4) is 0 Å². The molecule has 98 valence electrons. The van der Waals surface area contributed by atoms with Crippen molar-refractivity contribution < 1.29 is 9.90 Å². The van der Waals surface area contributed by atoms with Crippen molar-refractivity contribution in [2.24, 2.45) is 0 Å². The number of phenols is 1. The summed E-state index contributed by atoms with van der Waals surface area (Å²) in [5, 5.41) is 12.6. The Hall–Kier alpha value is -1.72. The first kappa shape index (κ1) is 13.7. The van der Waals surface area contributed by atoms with E-state index in [0.29, 0.717) is 20.9 Å². The van der Waals surface area contributed by atoms with Gasteiger partial charge in [0.1, 0.15) is 5.75 Å². The van der Waals surface area contributed by atoms with Gasteiger partial charge in [-0.2, -0.15) is 0 Å². The third-order valence-electron chi connectivity index (χ3n) is 2.46. The lowest BCUT2D eigenvalue weighted by Crippen LogP contribution is -2.12. The minimum Gasteiger partial charge on any atom is -0.507 e. The van der Waals surface area contributed by atoms with E-state index in [2.05, 4.69) is 21.2 Å². The predicted molar refractivity (Wildman–Crippen MR) is 79.6 cm³/mol. The lowest BCUT2D eigenvalue weighted by atomic mass is 10.2. The zero-order valence-corrected chi connectivity index (χ0v) is 12.0. The van der Waals surface area contributed by atoms with E-state index in [-0.39, 0.29) is 11.3 Å². The number of hydrogen-bond acceptors (Lipinski definition) is 3. The highest BCUT2D eigenvalue weighted by molar-refractivity contribution is 9.10. The average Bonchev–Trinajstić information content (AvgIpc) is 2.36. The van der Waals surface area contributed by atoms with Gasteiger partial charge in [-0.25, -0.2) is 0 Å². The Kier molecular flexibility index (Phi) is 3.97. The van der Waals surface area contributed by atoms with E-state index >= 15 is 0 Å². The van der Waals surface area contributed by atoms with Gasteiger partial charge in [-0.1, -0.05) is 27.5 Å². The van der Waals surface area contributed by atoms with E-state index in [1.54, 1.807) is 24.3 Å². The van der Waals surface area contributed by atoms with Gasteiger partial charge in [-0.3, -0.25) is 4.79 Å². The smallest absolute Gasteiger partial charge is 0.259 e. The first-order valence-corrected chi connectivity index (χ1v) is 6.49. The summed E-state index contributed by atoms with van der Waals surface area (Å²) in [4.78, 5) is 12.0. The molecule has 0 bridgehead atoms. The Morgan fingerprint density at radius 1 is 1.26 bits per heavy atom. The van der Waals surface area contributed by atoms with Crippen molar-refractivity contribution >= 4 is 44.8 Å². The molecule has 0 atom stereocenters. The summed E-state index contributed by atoms with van der Waals surface area (Å²) in [5.74, 6) is -0.526. The van der Waals surface area contributed by atoms with Crippen LogP contribution in [0.1, 0.15) is 10.4 Å². The van der Waals surface area contributed by atoms with Gasteiger partial charge in [0.2, 0.25) is 0 Å². The Labute approximate surface area is 123 Å². The second-order valence-electron chi connectivity index (χ2n) is 3.85. The number of nitrogens with two attached hydrogens (primary N) is 1. The standard InChI is InChI=1S/C13H10BrClN2O2/c14-7-1-4-12(18)9(5-7)13(19)17-8-2-3-11(16)10(15)6-8/h1-6,18H,16H2,(H,17,19). The molecule has 2 aromatic rings. The first-order valence-electron chi connectivity index (χ1n) is 5.32. The molecule has 0 fully saturated rings. The van der Waals surface area contributed by atoms with E-state index in [1.807, 2.05) is 0 Å². The summed E-state index contributed by atoms with van der Waals surface area (Å²) in [7, 11) is 0. The maximum absolute atomic E-state index is 12.0. The number of hydrogen-bond donors (Lipinski definition) is 3. The van der Waals surface area contributed by atoms with E-state index in [0.717, 1.165) is 0 Å². The second kappa shape index (κ2) is 5.50. The number of carbonyl (C=O) groups excluding carboxylic acids is 1. The van der Waals surface area contributed by atoms with Gasteiger partial charge in [0, 0.05) is 10.2 Å². The number of rotatable bonds is 2. The molecule has 2 aromatic carbocycles. The molecule has 0 aromatic heterocycles. The van der Waals surface area contributed by atoms with Crippen LogP contribution in [0.2, 0.25) is 5.02 Å². The lowest BCUT2D eigenvalue weighted by molar-refractivity contribution is 0.102. The lowest BCUT2D eigenvalue weighted by Gasteiger charge is -2.08. The largest absolute Gasteiger partial charge is 0.507 e. The van der Waals surface area contributed by atoms with Crippen molar-refractivity contribution in [1.82, 2.24) is 0 Å². The van der Waals surface area contributed by atoms with Gasteiger partial charge in [0.15, 0.2) is 0 Å². The molecule has 0 aliphatic rings. The quantitative estimate of drug-likeness (QED) is 0.730. The molecule has 0 heterocycles. The Bertz CT molecular complexity index is 647. The van der Waals surface area contributed by atoms with E-state index in [9.17, 15) is 9.90 Å². The fraction of sp³-hybridized carbons (Fsp3) is 0. The van der Waals surface area contributed by atoms with Crippen LogP contribution in [0.25, 0.3) is 0 Å². The summed E-state index contributed by atoms with van der Waals surface area (Å²) in [6.07, 6.45) is 0. The van der Waals surface area contributed by atoms with Gasteiger partial charge in [0.25, 0.3) is 5.91 Å². The Morgan fingerprint density at radius 3 is 2.68 bits per heavy atom. The van der Waals surface area contributed by atoms with Crippen LogP contribution in [0, 0.1) is 0 Å². The van der Waals surface area contributed by atoms with Crippen LogP contribution in [-0.4, -0.2) is 11.0 Å². The van der Waals surface area contributed by atoms with E-state index in [1.165, 1.54) is 12.1 Å². The van der Waals surface area contributed by atoms with Crippen LogP contribution in [0.4, 0.5) is 11.4 Å². The van der Waals surface area contributed by atoms with E-state index < -0.39 is 5.91 Å². The zero-order valence-electron chi connectivity index (χ0n) is 9.65. The van der Waals surface area contributed by atoms with Crippen molar-refractivity contribution in [3.05, 3.63) is 51.5 Å². The molecule has 0 saturated carbocycles.